The van der Waals surface area contributed by atoms with E-state index in [-0.39, 0.29) is 35.4 Å². The maximum absolute atomic E-state index is 12.3. The monoisotopic (exact) mass is 524 g/mol. The Morgan fingerprint density at radius 1 is 1.25 bits per heavy atom. The Labute approximate surface area is 186 Å². The summed E-state index contributed by atoms with van der Waals surface area (Å²) in [5.74, 6) is 0.788. The van der Waals surface area contributed by atoms with E-state index in [9.17, 15) is 8.42 Å². The molecule has 0 bridgehead atoms. The van der Waals surface area contributed by atoms with Crippen molar-refractivity contribution in [2.75, 3.05) is 26.8 Å². The largest absolute Gasteiger partial charge is 0.383 e. The van der Waals surface area contributed by atoms with Crippen molar-refractivity contribution in [3.05, 3.63) is 29.8 Å². The van der Waals surface area contributed by atoms with Crippen LogP contribution in [0.4, 0.5) is 0 Å². The molecule has 28 heavy (non-hydrogen) atoms. The van der Waals surface area contributed by atoms with E-state index in [0.29, 0.717) is 19.2 Å². The molecular weight excluding hydrogens is 491 g/mol. The zero-order valence-corrected chi connectivity index (χ0v) is 19.9. The quantitative estimate of drug-likeness (QED) is 0.200. The summed E-state index contributed by atoms with van der Waals surface area (Å²) >= 11 is 0. The highest BCUT2D eigenvalue weighted by Gasteiger charge is 2.15. The van der Waals surface area contributed by atoms with Crippen molar-refractivity contribution in [1.82, 2.24) is 15.4 Å². The third-order valence-electron chi connectivity index (χ3n) is 4.52. The second-order valence-corrected chi connectivity index (χ2v) is 8.48. The fraction of sp³-hybridized carbons (Fsp3) is 0.632. The van der Waals surface area contributed by atoms with Gasteiger partial charge in [-0.1, -0.05) is 31.4 Å². The normalized spacial score (nSPS) is 15.7. The average molecular weight is 524 g/mol. The van der Waals surface area contributed by atoms with Crippen LogP contribution < -0.4 is 15.4 Å². The van der Waals surface area contributed by atoms with Crippen LogP contribution in [-0.4, -0.2) is 47.2 Å². The number of nitrogens with zero attached hydrogens (tertiary/aromatic N) is 1. The molecule has 1 aliphatic carbocycles. The van der Waals surface area contributed by atoms with Crippen LogP contribution in [0.15, 0.2) is 34.2 Å². The van der Waals surface area contributed by atoms with E-state index < -0.39 is 10.0 Å². The lowest BCUT2D eigenvalue weighted by molar-refractivity contribution is 0.204. The van der Waals surface area contributed by atoms with E-state index in [1.165, 1.54) is 39.2 Å². The molecule has 1 aliphatic rings. The van der Waals surface area contributed by atoms with E-state index >= 15 is 0 Å². The predicted octanol–water partition coefficient (Wildman–Crippen LogP) is 2.62. The molecule has 1 aromatic carbocycles. The lowest BCUT2D eigenvalue weighted by atomic mass is 9.96. The molecule has 0 amide bonds. The van der Waals surface area contributed by atoms with Gasteiger partial charge in [-0.2, -0.15) is 0 Å². The van der Waals surface area contributed by atoms with Gasteiger partial charge in [0.25, 0.3) is 0 Å². The summed E-state index contributed by atoms with van der Waals surface area (Å²) in [5.41, 5.74) is 0.852. The van der Waals surface area contributed by atoms with Crippen LogP contribution in [0.3, 0.4) is 0 Å². The first-order valence-electron chi connectivity index (χ1n) is 9.67. The van der Waals surface area contributed by atoms with Crippen LogP contribution in [0, 0.1) is 0 Å². The number of hydrogen-bond donors (Lipinski definition) is 3. The number of ether oxygens (including phenoxy) is 1. The first-order valence-corrected chi connectivity index (χ1v) is 11.2. The number of guanidine groups is 1. The van der Waals surface area contributed by atoms with E-state index in [1.54, 1.807) is 18.2 Å². The van der Waals surface area contributed by atoms with Crippen molar-refractivity contribution in [2.45, 2.75) is 56.5 Å². The van der Waals surface area contributed by atoms with Crippen LogP contribution in [-0.2, 0) is 21.3 Å². The van der Waals surface area contributed by atoms with Crippen LogP contribution in [0.1, 0.15) is 44.6 Å². The molecule has 3 N–H and O–H groups in total. The molecule has 7 nitrogen and oxygen atoms in total. The van der Waals surface area contributed by atoms with Gasteiger partial charge in [0.05, 0.1) is 18.0 Å². The molecule has 9 heteroatoms. The van der Waals surface area contributed by atoms with Gasteiger partial charge in [0.15, 0.2) is 5.96 Å². The summed E-state index contributed by atoms with van der Waals surface area (Å²) in [6.45, 7) is 3.83. The van der Waals surface area contributed by atoms with Crippen molar-refractivity contribution < 1.29 is 13.2 Å². The lowest BCUT2D eigenvalue weighted by Gasteiger charge is -2.24. The highest BCUT2D eigenvalue weighted by Crippen LogP contribution is 2.17. The van der Waals surface area contributed by atoms with E-state index in [1.807, 2.05) is 13.0 Å². The summed E-state index contributed by atoms with van der Waals surface area (Å²) in [5, 5.41) is 6.77. The van der Waals surface area contributed by atoms with Gasteiger partial charge in [-0.05, 0) is 37.5 Å². The zero-order chi connectivity index (χ0) is 19.5. The Bertz CT molecular complexity index is 707. The molecule has 1 aromatic rings. The molecule has 1 fully saturated rings. The van der Waals surface area contributed by atoms with Crippen molar-refractivity contribution in [3.63, 3.8) is 0 Å². The minimum absolute atomic E-state index is 0. The number of hydrogen-bond acceptors (Lipinski definition) is 4. The van der Waals surface area contributed by atoms with Gasteiger partial charge in [-0.15, -0.1) is 24.0 Å². The number of methoxy groups -OCH3 is 1. The minimum atomic E-state index is -3.54. The molecule has 0 atom stereocenters. The molecule has 0 saturated heterocycles. The summed E-state index contributed by atoms with van der Waals surface area (Å²) in [7, 11) is -2.00. The first-order chi connectivity index (χ1) is 13.0. The fourth-order valence-corrected chi connectivity index (χ4v) is 4.19. The Morgan fingerprint density at radius 3 is 2.68 bits per heavy atom. The Balaban J connectivity index is 0.00000392. The van der Waals surface area contributed by atoms with Crippen molar-refractivity contribution in [1.29, 1.82) is 0 Å². The van der Waals surface area contributed by atoms with Gasteiger partial charge in [0, 0.05) is 26.2 Å². The van der Waals surface area contributed by atoms with Crippen LogP contribution in [0.25, 0.3) is 0 Å². The highest BCUT2D eigenvalue weighted by molar-refractivity contribution is 14.0. The Kier molecular flexibility index (Phi) is 12.0. The molecular formula is C19H33IN4O3S. The number of sulfonamides is 1. The first kappa shape index (κ1) is 25.1. The molecule has 2 rings (SSSR count). The van der Waals surface area contributed by atoms with E-state index in [0.717, 1.165) is 18.1 Å². The predicted molar refractivity (Wildman–Crippen MR) is 124 cm³/mol. The topological polar surface area (TPSA) is 91.8 Å². The number of benzene rings is 1. The van der Waals surface area contributed by atoms with Crippen LogP contribution in [0.5, 0.6) is 0 Å². The van der Waals surface area contributed by atoms with Gasteiger partial charge < -0.3 is 15.4 Å². The van der Waals surface area contributed by atoms with Gasteiger partial charge in [-0.25, -0.2) is 18.1 Å². The molecule has 0 radical (unpaired) electrons. The van der Waals surface area contributed by atoms with Gasteiger partial charge in [0.2, 0.25) is 10.0 Å². The third kappa shape index (κ3) is 8.62. The van der Waals surface area contributed by atoms with Gasteiger partial charge in [-0.3, -0.25) is 0 Å². The SMILES string of the molecule is CCNC(=NCc1cccc(S(=O)(=O)NCCOC)c1)NC1CCCCC1.I. The van der Waals surface area contributed by atoms with Crippen molar-refractivity contribution in [2.24, 2.45) is 4.99 Å². The fourth-order valence-electron chi connectivity index (χ4n) is 3.10. The minimum Gasteiger partial charge on any atom is -0.383 e. The number of rotatable bonds is 9. The second-order valence-electron chi connectivity index (χ2n) is 6.71. The molecule has 0 unspecified atom stereocenters. The molecule has 0 aromatic heterocycles. The Morgan fingerprint density at radius 2 is 2.00 bits per heavy atom. The molecule has 0 aliphatic heterocycles. The highest BCUT2D eigenvalue weighted by atomic mass is 127. The number of nitrogens with one attached hydrogen (secondary N) is 3. The molecule has 0 heterocycles. The summed E-state index contributed by atoms with van der Waals surface area (Å²) < 4.78 is 32.1. The molecule has 0 spiro atoms. The summed E-state index contributed by atoms with van der Waals surface area (Å²) in [6, 6.07) is 7.36. The van der Waals surface area contributed by atoms with Gasteiger partial charge in [0.1, 0.15) is 0 Å². The van der Waals surface area contributed by atoms with Gasteiger partial charge >= 0.3 is 0 Å². The maximum Gasteiger partial charge on any atom is 0.240 e. The smallest absolute Gasteiger partial charge is 0.240 e. The molecule has 160 valence electrons. The second kappa shape index (κ2) is 13.3. The standard InChI is InChI=1S/C19H32N4O3S.HI/c1-3-20-19(23-17-9-5-4-6-10-17)21-15-16-8-7-11-18(14-16)27(24,25)22-12-13-26-2;/h7-8,11,14,17,22H,3-6,9-10,12-13,15H2,1-2H3,(H2,20,21,23);1H. The zero-order valence-electron chi connectivity index (χ0n) is 16.7. The van der Waals surface area contributed by atoms with Crippen molar-refractivity contribution >= 4 is 40.0 Å². The van der Waals surface area contributed by atoms with Crippen LogP contribution in [0.2, 0.25) is 0 Å². The lowest BCUT2D eigenvalue weighted by Crippen LogP contribution is -2.44. The van der Waals surface area contributed by atoms with Crippen LogP contribution >= 0.6 is 24.0 Å². The Hall–Kier alpha value is -0.910. The summed E-state index contributed by atoms with van der Waals surface area (Å²) in [4.78, 5) is 4.88. The number of halogens is 1. The summed E-state index contributed by atoms with van der Waals surface area (Å²) in [6.07, 6.45) is 6.17. The third-order valence-corrected chi connectivity index (χ3v) is 5.98. The van der Waals surface area contributed by atoms with Crippen molar-refractivity contribution in [3.8, 4) is 0 Å². The number of aliphatic imine (C=N–C) groups is 1. The van der Waals surface area contributed by atoms with E-state index in [4.69, 9.17) is 4.74 Å². The maximum atomic E-state index is 12.3. The van der Waals surface area contributed by atoms with E-state index in [2.05, 4.69) is 20.3 Å². The molecule has 1 saturated carbocycles. The average Bonchev–Trinajstić information content (AvgIpc) is 2.67.